The van der Waals surface area contributed by atoms with E-state index in [0.717, 1.165) is 12.2 Å². The van der Waals surface area contributed by atoms with Crippen LogP contribution in [-0.2, 0) is 6.54 Å². The summed E-state index contributed by atoms with van der Waals surface area (Å²) in [6, 6.07) is 5.19. The quantitative estimate of drug-likeness (QED) is 0.796. The van der Waals surface area contributed by atoms with Gasteiger partial charge in [0.1, 0.15) is 11.5 Å². The first-order valence-electron chi connectivity index (χ1n) is 7.67. The summed E-state index contributed by atoms with van der Waals surface area (Å²) in [5.41, 5.74) is 1.42. The van der Waals surface area contributed by atoms with E-state index in [2.05, 4.69) is 9.97 Å². The van der Waals surface area contributed by atoms with Gasteiger partial charge in [0, 0.05) is 30.9 Å². The molecule has 2 aromatic rings. The molecule has 0 spiro atoms. The molecule has 2 rings (SSSR count). The second kappa shape index (κ2) is 8.35. The Kier molecular flexibility index (Phi) is 6.20. The van der Waals surface area contributed by atoms with Crippen molar-refractivity contribution in [3.63, 3.8) is 0 Å². The maximum absolute atomic E-state index is 13.0. The van der Waals surface area contributed by atoms with Crippen molar-refractivity contribution in [1.82, 2.24) is 19.8 Å². The normalized spacial score (nSPS) is 10.7. The van der Waals surface area contributed by atoms with Gasteiger partial charge < -0.3 is 24.3 Å². The van der Waals surface area contributed by atoms with Gasteiger partial charge in [0.25, 0.3) is 5.91 Å². The van der Waals surface area contributed by atoms with Crippen LogP contribution < -0.4 is 9.47 Å². The highest BCUT2D eigenvalue weighted by atomic mass is 16.5. The minimum atomic E-state index is -0.0800. The highest BCUT2D eigenvalue weighted by molar-refractivity contribution is 5.95. The van der Waals surface area contributed by atoms with Crippen molar-refractivity contribution in [3.8, 4) is 11.5 Å². The van der Waals surface area contributed by atoms with Crippen molar-refractivity contribution in [2.75, 3.05) is 41.4 Å². The van der Waals surface area contributed by atoms with E-state index < -0.39 is 0 Å². The van der Waals surface area contributed by atoms with Crippen LogP contribution in [0.25, 0.3) is 0 Å². The van der Waals surface area contributed by atoms with E-state index in [1.807, 2.05) is 19.0 Å². The summed E-state index contributed by atoms with van der Waals surface area (Å²) < 4.78 is 10.5. The van der Waals surface area contributed by atoms with E-state index in [-0.39, 0.29) is 5.91 Å². The van der Waals surface area contributed by atoms with E-state index in [1.165, 1.54) is 0 Å². The van der Waals surface area contributed by atoms with Gasteiger partial charge in [-0.2, -0.15) is 0 Å². The predicted octanol–water partition coefficient (Wildman–Crippen LogP) is 1.63. The molecule has 130 valence electrons. The average Bonchev–Trinajstić information content (AvgIpc) is 3.10. The molecule has 24 heavy (non-hydrogen) atoms. The largest absolute Gasteiger partial charge is 0.497 e. The maximum Gasteiger partial charge on any atom is 0.254 e. The molecule has 1 heterocycles. The first kappa shape index (κ1) is 17.8. The van der Waals surface area contributed by atoms with Crippen molar-refractivity contribution in [2.45, 2.75) is 6.54 Å². The van der Waals surface area contributed by atoms with E-state index in [1.54, 1.807) is 49.8 Å². The number of amides is 1. The van der Waals surface area contributed by atoms with Crippen LogP contribution in [0.1, 0.15) is 16.1 Å². The summed E-state index contributed by atoms with van der Waals surface area (Å²) in [4.78, 5) is 23.9. The fraction of sp³-hybridized carbons (Fsp3) is 0.412. The zero-order valence-electron chi connectivity index (χ0n) is 14.6. The lowest BCUT2D eigenvalue weighted by Gasteiger charge is -2.24. The molecule has 0 aliphatic heterocycles. The number of nitrogens with zero attached hydrogens (tertiary/aromatic N) is 3. The molecule has 0 radical (unpaired) electrons. The van der Waals surface area contributed by atoms with E-state index >= 15 is 0 Å². The third-order valence-electron chi connectivity index (χ3n) is 3.62. The first-order valence-corrected chi connectivity index (χ1v) is 7.67. The smallest absolute Gasteiger partial charge is 0.254 e. The molecular weight excluding hydrogens is 308 g/mol. The maximum atomic E-state index is 13.0. The van der Waals surface area contributed by atoms with Gasteiger partial charge in [0.05, 0.1) is 32.8 Å². The van der Waals surface area contributed by atoms with E-state index in [9.17, 15) is 4.79 Å². The molecule has 0 saturated carbocycles. The van der Waals surface area contributed by atoms with Crippen LogP contribution in [0.3, 0.4) is 0 Å². The zero-order chi connectivity index (χ0) is 17.5. The number of H-pyrrole nitrogens is 1. The summed E-state index contributed by atoms with van der Waals surface area (Å²) in [5.74, 6) is 1.10. The number of carbonyl (C=O) groups excluding carboxylic acids is 1. The SMILES string of the molecule is COc1cc(OC)cc(C(=O)N(CCN(C)C)Cc2cnc[nH]2)c1. The van der Waals surface area contributed by atoms with Crippen LogP contribution in [0.15, 0.2) is 30.7 Å². The number of hydrogen-bond donors (Lipinski definition) is 1. The van der Waals surface area contributed by atoms with Crippen LogP contribution in [0.4, 0.5) is 0 Å². The minimum Gasteiger partial charge on any atom is -0.497 e. The number of hydrogen-bond acceptors (Lipinski definition) is 5. The first-order chi connectivity index (χ1) is 11.5. The predicted molar refractivity (Wildman–Crippen MR) is 91.4 cm³/mol. The second-order valence-corrected chi connectivity index (χ2v) is 5.71. The van der Waals surface area contributed by atoms with E-state index in [0.29, 0.717) is 30.2 Å². The Morgan fingerprint density at radius 3 is 2.29 bits per heavy atom. The summed E-state index contributed by atoms with van der Waals surface area (Å²) in [5, 5.41) is 0. The fourth-order valence-corrected chi connectivity index (χ4v) is 2.26. The number of carbonyl (C=O) groups is 1. The Bertz CT molecular complexity index is 634. The number of rotatable bonds is 8. The minimum absolute atomic E-state index is 0.0800. The number of likely N-dealkylation sites (N-methyl/N-ethyl adjacent to an activating group) is 1. The van der Waals surface area contributed by atoms with Gasteiger partial charge in [-0.25, -0.2) is 4.98 Å². The van der Waals surface area contributed by atoms with Gasteiger partial charge in [0.2, 0.25) is 0 Å². The number of aromatic amines is 1. The Balaban J connectivity index is 2.25. The van der Waals surface area contributed by atoms with Gasteiger partial charge in [-0.1, -0.05) is 0 Å². The Morgan fingerprint density at radius 2 is 1.79 bits per heavy atom. The molecule has 0 aliphatic rings. The summed E-state index contributed by atoms with van der Waals surface area (Å²) in [7, 11) is 7.09. The average molecular weight is 332 g/mol. The molecule has 7 nitrogen and oxygen atoms in total. The lowest BCUT2D eigenvalue weighted by Crippen LogP contribution is -2.36. The lowest BCUT2D eigenvalue weighted by atomic mass is 10.1. The van der Waals surface area contributed by atoms with Crippen molar-refractivity contribution in [1.29, 1.82) is 0 Å². The molecule has 0 bridgehead atoms. The molecular formula is C17H24N4O3. The van der Waals surface area contributed by atoms with E-state index in [4.69, 9.17) is 9.47 Å². The molecule has 1 aromatic carbocycles. The number of imidazole rings is 1. The molecule has 0 aliphatic carbocycles. The third kappa shape index (κ3) is 4.73. The van der Waals surface area contributed by atoms with Crippen LogP contribution in [0.5, 0.6) is 11.5 Å². The molecule has 1 aromatic heterocycles. The zero-order valence-corrected chi connectivity index (χ0v) is 14.6. The number of aromatic nitrogens is 2. The van der Waals surface area contributed by atoms with Gasteiger partial charge in [-0.15, -0.1) is 0 Å². The number of benzene rings is 1. The van der Waals surface area contributed by atoms with Gasteiger partial charge in [-0.3, -0.25) is 4.79 Å². The standard InChI is InChI=1S/C17H24N4O3/c1-20(2)5-6-21(11-14-10-18-12-19-14)17(22)13-7-15(23-3)9-16(8-13)24-4/h7-10,12H,5-6,11H2,1-4H3,(H,18,19). The highest BCUT2D eigenvalue weighted by Crippen LogP contribution is 2.23. The van der Waals surface area contributed by atoms with Crippen LogP contribution in [0.2, 0.25) is 0 Å². The summed E-state index contributed by atoms with van der Waals surface area (Å²) >= 11 is 0. The number of methoxy groups -OCH3 is 2. The summed E-state index contributed by atoms with van der Waals surface area (Å²) in [6.45, 7) is 1.83. The van der Waals surface area contributed by atoms with Gasteiger partial charge in [0.15, 0.2) is 0 Å². The Labute approximate surface area is 142 Å². The van der Waals surface area contributed by atoms with Crippen LogP contribution >= 0.6 is 0 Å². The molecule has 1 N–H and O–H groups in total. The monoisotopic (exact) mass is 332 g/mol. The topological polar surface area (TPSA) is 70.7 Å². The molecule has 0 unspecified atom stereocenters. The van der Waals surface area contributed by atoms with Crippen molar-refractivity contribution in [3.05, 3.63) is 42.0 Å². The molecule has 1 amide bonds. The fourth-order valence-electron chi connectivity index (χ4n) is 2.26. The number of nitrogens with one attached hydrogen (secondary N) is 1. The Hall–Kier alpha value is -2.54. The molecule has 0 saturated heterocycles. The van der Waals surface area contributed by atoms with Crippen LogP contribution in [-0.4, -0.2) is 67.1 Å². The van der Waals surface area contributed by atoms with Gasteiger partial charge in [-0.05, 0) is 26.2 Å². The van der Waals surface area contributed by atoms with Gasteiger partial charge >= 0.3 is 0 Å². The highest BCUT2D eigenvalue weighted by Gasteiger charge is 2.18. The molecule has 0 atom stereocenters. The second-order valence-electron chi connectivity index (χ2n) is 5.71. The van der Waals surface area contributed by atoms with Crippen molar-refractivity contribution >= 4 is 5.91 Å². The Morgan fingerprint density at radius 1 is 1.12 bits per heavy atom. The lowest BCUT2D eigenvalue weighted by molar-refractivity contribution is 0.0729. The summed E-state index contributed by atoms with van der Waals surface area (Å²) in [6.07, 6.45) is 3.33. The molecule has 7 heteroatoms. The number of ether oxygens (including phenoxy) is 2. The van der Waals surface area contributed by atoms with Crippen molar-refractivity contribution < 1.29 is 14.3 Å². The van der Waals surface area contributed by atoms with Crippen molar-refractivity contribution in [2.24, 2.45) is 0 Å². The third-order valence-corrected chi connectivity index (χ3v) is 3.62. The van der Waals surface area contributed by atoms with Crippen LogP contribution in [0, 0.1) is 0 Å². The molecule has 0 fully saturated rings.